The molecule has 2 rings (SSSR count). The summed E-state index contributed by atoms with van der Waals surface area (Å²) in [5.74, 6) is 0.845. The Labute approximate surface area is 115 Å². The van der Waals surface area contributed by atoms with Crippen molar-refractivity contribution in [1.82, 2.24) is 4.98 Å². The minimum absolute atomic E-state index is 0.256. The van der Waals surface area contributed by atoms with Gasteiger partial charge in [-0.2, -0.15) is 0 Å². The number of aromatic nitrogens is 1. The molecule has 6 heteroatoms. The van der Waals surface area contributed by atoms with Gasteiger partial charge >= 0.3 is 0 Å². The van der Waals surface area contributed by atoms with E-state index in [-0.39, 0.29) is 5.91 Å². The maximum Gasteiger partial charge on any atom is 0.261 e. The Hall–Kier alpha value is -2.08. The molecule has 19 heavy (non-hydrogen) atoms. The minimum atomic E-state index is -0.256. The maximum atomic E-state index is 12.1. The Morgan fingerprint density at radius 3 is 2.68 bits per heavy atom. The van der Waals surface area contributed by atoms with E-state index in [1.165, 1.54) is 18.4 Å². The molecule has 0 unspecified atom stereocenters. The number of nitrogens with zero attached hydrogens (tertiary/aromatic N) is 1. The number of anilines is 1. The highest BCUT2D eigenvalue weighted by Gasteiger charge is 2.14. The Morgan fingerprint density at radius 2 is 2.11 bits per heavy atom. The van der Waals surface area contributed by atoms with Crippen molar-refractivity contribution in [2.24, 2.45) is 0 Å². The van der Waals surface area contributed by atoms with Crippen molar-refractivity contribution in [3.05, 3.63) is 34.8 Å². The number of carbonyl (C=O) groups is 1. The Kier molecular flexibility index (Phi) is 4.01. The summed E-state index contributed by atoms with van der Waals surface area (Å²) in [6.07, 6.45) is 0. The van der Waals surface area contributed by atoms with E-state index in [1.807, 2.05) is 12.3 Å². The lowest BCUT2D eigenvalue weighted by molar-refractivity contribution is 0.102. The van der Waals surface area contributed by atoms with Crippen LogP contribution in [0.5, 0.6) is 11.5 Å². The molecule has 0 saturated carbocycles. The number of methoxy groups -OCH3 is 2. The van der Waals surface area contributed by atoms with Crippen molar-refractivity contribution in [2.45, 2.75) is 6.92 Å². The van der Waals surface area contributed by atoms with Crippen LogP contribution in [0.4, 0.5) is 5.13 Å². The van der Waals surface area contributed by atoms with Crippen LogP contribution < -0.4 is 14.8 Å². The monoisotopic (exact) mass is 278 g/mol. The van der Waals surface area contributed by atoms with E-state index >= 15 is 0 Å². The molecule has 0 atom stereocenters. The first kappa shape index (κ1) is 13.4. The van der Waals surface area contributed by atoms with Crippen LogP contribution >= 0.6 is 11.3 Å². The maximum absolute atomic E-state index is 12.1. The smallest absolute Gasteiger partial charge is 0.261 e. The average molecular weight is 278 g/mol. The molecule has 0 aliphatic carbocycles. The molecular formula is C13H14N2O3S. The van der Waals surface area contributed by atoms with Gasteiger partial charge in [-0.05, 0) is 19.1 Å². The van der Waals surface area contributed by atoms with Crippen LogP contribution in [0.2, 0.25) is 0 Å². The molecule has 100 valence electrons. The number of amides is 1. The van der Waals surface area contributed by atoms with E-state index < -0.39 is 0 Å². The molecule has 2 aromatic rings. The summed E-state index contributed by atoms with van der Waals surface area (Å²) in [4.78, 5) is 16.3. The second-order valence-electron chi connectivity index (χ2n) is 3.81. The fourth-order valence-corrected chi connectivity index (χ4v) is 2.25. The number of carbonyl (C=O) groups excluding carboxylic acids is 1. The van der Waals surface area contributed by atoms with Crippen LogP contribution in [0.25, 0.3) is 0 Å². The van der Waals surface area contributed by atoms with E-state index in [0.29, 0.717) is 22.2 Å². The summed E-state index contributed by atoms with van der Waals surface area (Å²) in [6, 6.07) is 5.04. The molecule has 0 saturated heterocycles. The van der Waals surface area contributed by atoms with E-state index in [1.54, 1.807) is 25.3 Å². The summed E-state index contributed by atoms with van der Waals surface area (Å²) in [7, 11) is 3.08. The number of benzene rings is 1. The molecule has 0 aliphatic heterocycles. The highest BCUT2D eigenvalue weighted by molar-refractivity contribution is 7.13. The van der Waals surface area contributed by atoms with Crippen molar-refractivity contribution in [1.29, 1.82) is 0 Å². The predicted molar refractivity (Wildman–Crippen MR) is 74.4 cm³/mol. The topological polar surface area (TPSA) is 60.5 Å². The third kappa shape index (κ3) is 3.03. The zero-order chi connectivity index (χ0) is 13.8. The molecule has 1 N–H and O–H groups in total. The van der Waals surface area contributed by atoms with E-state index in [4.69, 9.17) is 9.47 Å². The molecule has 1 aromatic carbocycles. The Bertz CT molecular complexity index is 595. The number of hydrogen-bond donors (Lipinski definition) is 1. The van der Waals surface area contributed by atoms with Gasteiger partial charge < -0.3 is 9.47 Å². The Balaban J connectivity index is 2.23. The first-order valence-electron chi connectivity index (χ1n) is 5.59. The van der Waals surface area contributed by atoms with Gasteiger partial charge in [0.1, 0.15) is 11.5 Å². The lowest BCUT2D eigenvalue weighted by Crippen LogP contribution is -2.13. The van der Waals surface area contributed by atoms with Crippen LogP contribution in [0, 0.1) is 6.92 Å². The van der Waals surface area contributed by atoms with Gasteiger partial charge in [0.25, 0.3) is 5.91 Å². The fraction of sp³-hybridized carbons (Fsp3) is 0.231. The van der Waals surface area contributed by atoms with Crippen molar-refractivity contribution in [3.8, 4) is 11.5 Å². The highest BCUT2D eigenvalue weighted by Crippen LogP contribution is 2.25. The van der Waals surface area contributed by atoms with Gasteiger partial charge in [0.15, 0.2) is 5.13 Å². The van der Waals surface area contributed by atoms with Gasteiger partial charge in [-0.3, -0.25) is 10.1 Å². The summed E-state index contributed by atoms with van der Waals surface area (Å²) >= 11 is 1.39. The molecule has 0 aliphatic rings. The molecule has 1 aromatic heterocycles. The molecule has 0 spiro atoms. The molecular weight excluding hydrogens is 264 g/mol. The average Bonchev–Trinajstić information content (AvgIpc) is 2.83. The fourth-order valence-electron chi connectivity index (χ4n) is 1.56. The second-order valence-corrected chi connectivity index (χ2v) is 4.67. The van der Waals surface area contributed by atoms with Crippen molar-refractivity contribution in [2.75, 3.05) is 19.5 Å². The van der Waals surface area contributed by atoms with Gasteiger partial charge in [-0.1, -0.05) is 0 Å². The molecule has 1 heterocycles. The number of aryl methyl sites for hydroxylation is 1. The molecule has 0 fully saturated rings. The number of hydrogen-bond acceptors (Lipinski definition) is 5. The molecule has 5 nitrogen and oxygen atoms in total. The zero-order valence-electron chi connectivity index (χ0n) is 10.9. The van der Waals surface area contributed by atoms with Gasteiger partial charge in [0, 0.05) is 11.4 Å². The lowest BCUT2D eigenvalue weighted by Gasteiger charge is -2.09. The normalized spacial score (nSPS) is 10.1. The zero-order valence-corrected chi connectivity index (χ0v) is 11.7. The standard InChI is InChI=1S/C13H14N2O3S/c1-8-7-19-13(14-8)15-12(16)10-5-4-9(17-2)6-11(10)18-3/h4-7H,1-3H3,(H,14,15,16). The van der Waals surface area contributed by atoms with Crippen molar-refractivity contribution < 1.29 is 14.3 Å². The van der Waals surface area contributed by atoms with Gasteiger partial charge in [-0.25, -0.2) is 4.98 Å². The van der Waals surface area contributed by atoms with Gasteiger partial charge in [0.2, 0.25) is 0 Å². The third-order valence-electron chi connectivity index (χ3n) is 2.49. The van der Waals surface area contributed by atoms with E-state index in [0.717, 1.165) is 5.69 Å². The SMILES string of the molecule is COc1ccc(C(=O)Nc2nc(C)cs2)c(OC)c1. The first-order valence-corrected chi connectivity index (χ1v) is 6.47. The minimum Gasteiger partial charge on any atom is -0.497 e. The molecule has 0 bridgehead atoms. The number of nitrogens with one attached hydrogen (secondary N) is 1. The summed E-state index contributed by atoms with van der Waals surface area (Å²) in [6.45, 7) is 1.88. The van der Waals surface area contributed by atoms with E-state index in [2.05, 4.69) is 10.3 Å². The second kappa shape index (κ2) is 5.71. The van der Waals surface area contributed by atoms with Crippen LogP contribution in [0.15, 0.2) is 23.6 Å². The highest BCUT2D eigenvalue weighted by atomic mass is 32.1. The number of thiazole rings is 1. The number of ether oxygens (including phenoxy) is 2. The third-order valence-corrected chi connectivity index (χ3v) is 3.37. The Morgan fingerprint density at radius 1 is 1.32 bits per heavy atom. The first-order chi connectivity index (χ1) is 9.13. The quantitative estimate of drug-likeness (QED) is 0.934. The van der Waals surface area contributed by atoms with Crippen LogP contribution in [0.1, 0.15) is 16.1 Å². The largest absolute Gasteiger partial charge is 0.497 e. The van der Waals surface area contributed by atoms with Gasteiger partial charge in [0.05, 0.1) is 25.5 Å². The van der Waals surface area contributed by atoms with Crippen molar-refractivity contribution >= 4 is 22.4 Å². The van der Waals surface area contributed by atoms with Crippen LogP contribution in [-0.2, 0) is 0 Å². The van der Waals surface area contributed by atoms with Crippen LogP contribution in [0.3, 0.4) is 0 Å². The summed E-state index contributed by atoms with van der Waals surface area (Å²) in [5.41, 5.74) is 1.32. The number of rotatable bonds is 4. The van der Waals surface area contributed by atoms with Crippen LogP contribution in [-0.4, -0.2) is 25.1 Å². The van der Waals surface area contributed by atoms with Crippen molar-refractivity contribution in [3.63, 3.8) is 0 Å². The summed E-state index contributed by atoms with van der Waals surface area (Å²) < 4.78 is 10.3. The molecule has 0 radical (unpaired) electrons. The summed E-state index contributed by atoms with van der Waals surface area (Å²) in [5, 5.41) is 5.18. The van der Waals surface area contributed by atoms with E-state index in [9.17, 15) is 4.79 Å². The molecule has 1 amide bonds. The lowest BCUT2D eigenvalue weighted by atomic mass is 10.2. The van der Waals surface area contributed by atoms with Gasteiger partial charge in [-0.15, -0.1) is 11.3 Å². The predicted octanol–water partition coefficient (Wildman–Crippen LogP) is 2.72.